The summed E-state index contributed by atoms with van der Waals surface area (Å²) in [5.74, 6) is 0.167. The highest BCUT2D eigenvalue weighted by Crippen LogP contribution is 2.08. The summed E-state index contributed by atoms with van der Waals surface area (Å²) < 4.78 is 0. The fourth-order valence-corrected chi connectivity index (χ4v) is 0.236. The van der Waals surface area contributed by atoms with E-state index < -0.39 is 0 Å². The Morgan fingerprint density at radius 2 is 1.47 bits per heavy atom. The van der Waals surface area contributed by atoms with Gasteiger partial charge in [-0.2, -0.15) is 0 Å². The van der Waals surface area contributed by atoms with Gasteiger partial charge in [-0.15, -0.1) is 5.73 Å². The summed E-state index contributed by atoms with van der Waals surface area (Å²) in [7, 11) is 0. The van der Waals surface area contributed by atoms with E-state index in [1.54, 1.807) is 0 Å². The van der Waals surface area contributed by atoms with Crippen LogP contribution in [0.2, 0.25) is 0 Å². The van der Waals surface area contributed by atoms with Crippen LogP contribution in [0.25, 0.3) is 0 Å². The molecule has 0 radical (unpaired) electrons. The van der Waals surface area contributed by atoms with Gasteiger partial charge < -0.3 is 4.79 Å². The fraction of sp³-hybridized carbons (Fsp3) is 0.714. The molecular weight excluding hydrogens is 184 g/mol. The van der Waals surface area contributed by atoms with Crippen molar-refractivity contribution < 1.29 is 4.79 Å². The van der Waals surface area contributed by atoms with Crippen LogP contribution in [0.3, 0.4) is 0 Å². The lowest BCUT2D eigenvalue weighted by Gasteiger charge is -2.05. The molecule has 0 saturated heterocycles. The van der Waals surface area contributed by atoms with Crippen LogP contribution in [-0.4, -0.2) is 5.78 Å². The molecule has 0 fully saturated rings. The first kappa shape index (κ1) is 19.7. The van der Waals surface area contributed by atoms with E-state index in [-0.39, 0.29) is 5.78 Å². The van der Waals surface area contributed by atoms with E-state index in [1.165, 1.54) is 13.8 Å². The van der Waals surface area contributed by atoms with Crippen LogP contribution in [0.5, 0.6) is 0 Å². The summed E-state index contributed by atoms with van der Waals surface area (Å²) in [5, 5.41) is 0. The molecule has 0 aliphatic rings. The van der Waals surface area contributed by atoms with Crippen molar-refractivity contribution in [3.63, 3.8) is 0 Å². The quantitative estimate of drug-likeness (QED) is 0.572. The normalized spacial score (nSPS) is 8.27. The third-order valence-electron chi connectivity index (χ3n) is 0.489. The molecular formula is C14H28O. The molecule has 0 aromatic carbocycles. The molecule has 0 rings (SSSR count). The zero-order chi connectivity index (χ0) is 12.9. The zero-order valence-corrected chi connectivity index (χ0v) is 11.8. The number of carbonyl (C=O) groups excluding carboxylic acids is 1. The molecule has 0 atom stereocenters. The maximum atomic E-state index is 9.44. The molecule has 0 aromatic heterocycles. The van der Waals surface area contributed by atoms with Gasteiger partial charge in [-0.1, -0.05) is 34.6 Å². The third-order valence-corrected chi connectivity index (χ3v) is 0.489. The zero-order valence-electron chi connectivity index (χ0n) is 11.8. The van der Waals surface area contributed by atoms with Gasteiger partial charge in [0.15, 0.2) is 0 Å². The predicted octanol–water partition coefficient (Wildman–Crippen LogP) is 4.78. The van der Waals surface area contributed by atoms with Crippen molar-refractivity contribution in [2.75, 3.05) is 0 Å². The van der Waals surface area contributed by atoms with Gasteiger partial charge in [0.2, 0.25) is 0 Å². The Balaban J connectivity index is -0.000000147. The second-order valence-electron chi connectivity index (χ2n) is 4.98. The van der Waals surface area contributed by atoms with Gasteiger partial charge in [0.05, 0.1) is 0 Å². The molecule has 0 amide bonds. The first-order valence-electron chi connectivity index (χ1n) is 5.47. The highest BCUT2D eigenvalue weighted by atomic mass is 16.1. The van der Waals surface area contributed by atoms with Crippen LogP contribution in [0.1, 0.15) is 61.8 Å². The van der Waals surface area contributed by atoms with Gasteiger partial charge in [0, 0.05) is 0 Å². The molecule has 0 saturated carbocycles. The van der Waals surface area contributed by atoms with E-state index in [4.69, 9.17) is 0 Å². The summed E-state index contributed by atoms with van der Waals surface area (Å²) in [6.07, 6.45) is 4.99. The molecule has 15 heavy (non-hydrogen) atoms. The van der Waals surface area contributed by atoms with Crippen molar-refractivity contribution in [3.8, 4) is 0 Å². The molecule has 1 heteroatoms. The van der Waals surface area contributed by atoms with Crippen LogP contribution in [0, 0.1) is 5.41 Å². The molecule has 90 valence electrons. The van der Waals surface area contributed by atoms with Crippen LogP contribution in [0.4, 0.5) is 0 Å². The molecule has 0 aliphatic carbocycles. The third kappa shape index (κ3) is 344. The fourth-order valence-electron chi connectivity index (χ4n) is 0.236. The van der Waals surface area contributed by atoms with Crippen LogP contribution < -0.4 is 0 Å². The highest BCUT2D eigenvalue weighted by Gasteiger charge is 1.95. The number of hydrogen-bond acceptors (Lipinski definition) is 1. The Kier molecular flexibility index (Phi) is 17.3. The smallest absolute Gasteiger partial charge is 0.126 e. The maximum absolute atomic E-state index is 9.44. The minimum atomic E-state index is 0.167. The van der Waals surface area contributed by atoms with Gasteiger partial charge >= 0.3 is 0 Å². The molecule has 0 bridgehead atoms. The lowest BCUT2D eigenvalue weighted by Crippen LogP contribution is -1.93. The standard InChI is InChI=1S/C6H10.C5H12.C3H6O/c1-3-5-6-4-2;1-5(2,3)4;1-3(2)4/h3,6H,4H2,1-2H3;1-4H3;1-2H3. The molecule has 0 unspecified atom stereocenters. The van der Waals surface area contributed by atoms with Gasteiger partial charge in [-0.25, -0.2) is 0 Å². The highest BCUT2D eigenvalue weighted by molar-refractivity contribution is 5.72. The van der Waals surface area contributed by atoms with Crippen LogP contribution >= 0.6 is 0 Å². The Morgan fingerprint density at radius 3 is 1.53 bits per heavy atom. The SMILES string of the molecule is CC(C)(C)C.CC(C)=O.CC=C=CCC. The topological polar surface area (TPSA) is 17.1 Å². The van der Waals surface area contributed by atoms with Crippen LogP contribution in [-0.2, 0) is 4.79 Å². The van der Waals surface area contributed by atoms with Crippen molar-refractivity contribution in [1.29, 1.82) is 0 Å². The van der Waals surface area contributed by atoms with E-state index >= 15 is 0 Å². The number of carbonyl (C=O) groups is 1. The van der Waals surface area contributed by atoms with E-state index in [9.17, 15) is 4.79 Å². The predicted molar refractivity (Wildman–Crippen MR) is 70.1 cm³/mol. The van der Waals surface area contributed by atoms with Gasteiger partial charge in [0.25, 0.3) is 0 Å². The largest absolute Gasteiger partial charge is 0.300 e. The number of ketones is 1. The second kappa shape index (κ2) is 13.2. The second-order valence-corrected chi connectivity index (χ2v) is 4.98. The number of Topliss-reactive ketones (excluding diaryl/α,β-unsaturated/α-hetero) is 1. The minimum Gasteiger partial charge on any atom is -0.300 e. The summed E-state index contributed by atoms with van der Waals surface area (Å²) in [6, 6.07) is 0. The van der Waals surface area contributed by atoms with Gasteiger partial charge in [-0.05, 0) is 44.8 Å². The Morgan fingerprint density at radius 1 is 1.20 bits per heavy atom. The Hall–Kier alpha value is -0.810. The van der Waals surface area contributed by atoms with E-state index in [0.717, 1.165) is 6.42 Å². The van der Waals surface area contributed by atoms with Crippen molar-refractivity contribution in [2.45, 2.75) is 61.8 Å². The van der Waals surface area contributed by atoms with Crippen molar-refractivity contribution in [3.05, 3.63) is 17.9 Å². The molecule has 0 aromatic rings. The summed E-state index contributed by atoms with van der Waals surface area (Å²) in [5.41, 5.74) is 3.45. The Labute approximate surface area is 96.3 Å². The van der Waals surface area contributed by atoms with Crippen LogP contribution in [0.15, 0.2) is 17.9 Å². The maximum Gasteiger partial charge on any atom is 0.126 e. The average Bonchev–Trinajstić information content (AvgIpc) is 1.96. The van der Waals surface area contributed by atoms with E-state index in [1.807, 2.05) is 19.1 Å². The number of rotatable bonds is 1. The van der Waals surface area contributed by atoms with Crippen molar-refractivity contribution >= 4 is 5.78 Å². The minimum absolute atomic E-state index is 0.167. The molecule has 0 aliphatic heterocycles. The van der Waals surface area contributed by atoms with Crippen molar-refractivity contribution in [2.24, 2.45) is 5.41 Å². The summed E-state index contributed by atoms with van der Waals surface area (Å²) in [6.45, 7) is 15.9. The molecule has 0 N–H and O–H groups in total. The van der Waals surface area contributed by atoms with E-state index in [0.29, 0.717) is 5.41 Å². The average molecular weight is 212 g/mol. The molecule has 1 nitrogen and oxygen atoms in total. The van der Waals surface area contributed by atoms with Gasteiger partial charge in [0.1, 0.15) is 5.78 Å². The first-order valence-corrected chi connectivity index (χ1v) is 5.47. The monoisotopic (exact) mass is 212 g/mol. The lowest BCUT2D eigenvalue weighted by molar-refractivity contribution is -0.114. The number of allylic oxidation sites excluding steroid dienone is 1. The number of hydrogen-bond donors (Lipinski definition) is 0. The molecule has 0 heterocycles. The van der Waals surface area contributed by atoms with E-state index in [2.05, 4.69) is 40.3 Å². The van der Waals surface area contributed by atoms with Crippen molar-refractivity contribution in [1.82, 2.24) is 0 Å². The summed E-state index contributed by atoms with van der Waals surface area (Å²) in [4.78, 5) is 9.44. The van der Waals surface area contributed by atoms with Gasteiger partial charge in [-0.3, -0.25) is 0 Å². The first-order chi connectivity index (χ1) is 6.65. The summed E-state index contributed by atoms with van der Waals surface area (Å²) >= 11 is 0. The molecule has 0 spiro atoms. The lowest BCUT2D eigenvalue weighted by atomic mass is 10.0. The Bertz CT molecular complexity index is 178.